The molecule has 0 saturated carbocycles. The molecule has 4 aromatic rings. The molecular weight excluding hydrogens is 512 g/mol. The van der Waals surface area contributed by atoms with Crippen molar-refractivity contribution in [1.82, 2.24) is 10.0 Å². The van der Waals surface area contributed by atoms with E-state index in [0.717, 1.165) is 11.1 Å². The van der Waals surface area contributed by atoms with E-state index < -0.39 is 28.1 Å². The third-order valence-electron chi connectivity index (χ3n) is 6.04. The molecule has 200 valence electrons. The molecule has 0 radical (unpaired) electrons. The lowest BCUT2D eigenvalue weighted by Crippen LogP contribution is -2.46. The van der Waals surface area contributed by atoms with E-state index in [1.165, 1.54) is 12.1 Å². The highest BCUT2D eigenvalue weighted by atomic mass is 32.2. The summed E-state index contributed by atoms with van der Waals surface area (Å²) in [5.74, 6) is -1.02. The Morgan fingerprint density at radius 3 is 1.72 bits per heavy atom. The minimum Gasteiger partial charge on any atom is -0.462 e. The van der Waals surface area contributed by atoms with Gasteiger partial charge in [0, 0.05) is 5.56 Å². The molecule has 39 heavy (non-hydrogen) atoms. The fourth-order valence-corrected chi connectivity index (χ4v) is 5.28. The zero-order valence-electron chi connectivity index (χ0n) is 21.3. The minimum absolute atomic E-state index is 0.0490. The molecule has 0 saturated heterocycles. The number of benzene rings is 4. The molecule has 4 aromatic carbocycles. The summed E-state index contributed by atoms with van der Waals surface area (Å²) in [5, 5.41) is 2.95. The Morgan fingerprint density at radius 1 is 0.667 bits per heavy atom. The van der Waals surface area contributed by atoms with Gasteiger partial charge in [-0.15, -0.1) is 0 Å². The van der Waals surface area contributed by atoms with Crippen LogP contribution in [-0.4, -0.2) is 39.0 Å². The van der Waals surface area contributed by atoms with E-state index in [1.807, 2.05) is 66.7 Å². The molecule has 7 nitrogen and oxygen atoms in total. The Labute approximate surface area is 228 Å². The highest BCUT2D eigenvalue weighted by Crippen LogP contribution is 2.13. The van der Waals surface area contributed by atoms with Crippen molar-refractivity contribution in [1.29, 1.82) is 0 Å². The van der Waals surface area contributed by atoms with Crippen molar-refractivity contribution in [2.75, 3.05) is 6.61 Å². The molecule has 2 atom stereocenters. The molecule has 0 bridgehead atoms. The summed E-state index contributed by atoms with van der Waals surface area (Å²) in [6.07, 6.45) is 0.525. The molecule has 1 amide bonds. The second kappa shape index (κ2) is 13.5. The maximum absolute atomic E-state index is 13.3. The Hall–Kier alpha value is -4.27. The SMILES string of the molecule is O=C(N[C@@H](COC(=O)[C@@H](Cc1ccccc1)NS(=O)(=O)c1ccccc1)Cc1ccccc1)c1ccccc1. The predicted octanol–water partition coefficient (Wildman–Crippen LogP) is 4.16. The Kier molecular flexibility index (Phi) is 9.61. The smallest absolute Gasteiger partial charge is 0.324 e. The molecule has 0 unspecified atom stereocenters. The van der Waals surface area contributed by atoms with Crippen LogP contribution < -0.4 is 10.0 Å². The van der Waals surface area contributed by atoms with E-state index in [9.17, 15) is 18.0 Å². The lowest BCUT2D eigenvalue weighted by Gasteiger charge is -2.22. The van der Waals surface area contributed by atoms with E-state index in [1.54, 1.807) is 42.5 Å². The zero-order chi connectivity index (χ0) is 27.5. The van der Waals surface area contributed by atoms with Crippen molar-refractivity contribution in [3.63, 3.8) is 0 Å². The predicted molar refractivity (Wildman–Crippen MR) is 149 cm³/mol. The van der Waals surface area contributed by atoms with Gasteiger partial charge in [0.15, 0.2) is 0 Å². The molecule has 0 aliphatic carbocycles. The molecular formula is C31H30N2O5S. The highest BCUT2D eigenvalue weighted by Gasteiger charge is 2.28. The van der Waals surface area contributed by atoms with Gasteiger partial charge < -0.3 is 10.1 Å². The summed E-state index contributed by atoms with van der Waals surface area (Å²) < 4.78 is 34.2. The average Bonchev–Trinajstić information content (AvgIpc) is 2.97. The minimum atomic E-state index is -3.99. The maximum Gasteiger partial charge on any atom is 0.324 e. The topological polar surface area (TPSA) is 102 Å². The second-order valence-electron chi connectivity index (χ2n) is 9.03. The summed E-state index contributed by atoms with van der Waals surface area (Å²) in [4.78, 5) is 26.2. The first-order chi connectivity index (χ1) is 18.9. The van der Waals surface area contributed by atoms with Crippen molar-refractivity contribution < 1.29 is 22.7 Å². The van der Waals surface area contributed by atoms with Crippen LogP contribution in [0, 0.1) is 0 Å². The first-order valence-corrected chi connectivity index (χ1v) is 14.1. The fourth-order valence-electron chi connectivity index (χ4n) is 4.07. The van der Waals surface area contributed by atoms with Crippen LogP contribution in [-0.2, 0) is 32.4 Å². The monoisotopic (exact) mass is 542 g/mol. The molecule has 0 fully saturated rings. The van der Waals surface area contributed by atoms with E-state index in [2.05, 4.69) is 10.0 Å². The first-order valence-electron chi connectivity index (χ1n) is 12.6. The molecule has 4 rings (SSSR count). The summed E-state index contributed by atoms with van der Waals surface area (Å²) in [7, 11) is -3.99. The number of rotatable bonds is 12. The van der Waals surface area contributed by atoms with Crippen molar-refractivity contribution in [2.24, 2.45) is 0 Å². The quantitative estimate of drug-likeness (QED) is 0.262. The molecule has 0 spiro atoms. The van der Waals surface area contributed by atoms with Gasteiger partial charge in [-0.2, -0.15) is 4.72 Å². The van der Waals surface area contributed by atoms with Gasteiger partial charge in [0.1, 0.15) is 12.6 Å². The number of hydrogen-bond acceptors (Lipinski definition) is 5. The van der Waals surface area contributed by atoms with Crippen molar-refractivity contribution in [2.45, 2.75) is 29.8 Å². The zero-order valence-corrected chi connectivity index (χ0v) is 22.1. The Morgan fingerprint density at radius 2 is 1.15 bits per heavy atom. The summed E-state index contributed by atoms with van der Waals surface area (Å²) >= 11 is 0. The average molecular weight is 543 g/mol. The van der Waals surface area contributed by atoms with Crippen molar-refractivity contribution >= 4 is 21.9 Å². The van der Waals surface area contributed by atoms with Crippen LogP contribution in [0.15, 0.2) is 126 Å². The number of ether oxygens (including phenoxy) is 1. The fraction of sp³-hybridized carbons (Fsp3) is 0.161. The van der Waals surface area contributed by atoms with E-state index in [4.69, 9.17) is 4.74 Å². The highest BCUT2D eigenvalue weighted by molar-refractivity contribution is 7.89. The number of carbonyl (C=O) groups excluding carboxylic acids is 2. The summed E-state index contributed by atoms with van der Waals surface area (Å²) in [5.41, 5.74) is 2.21. The standard InChI is InChI=1S/C31H30N2O5S/c34-30(26-17-9-3-10-18-26)32-27(21-24-13-5-1-6-14-24)23-38-31(35)29(22-25-15-7-2-8-16-25)33-39(36,37)28-19-11-4-12-20-28/h1-20,27,29,33H,21-23H2,(H,32,34)/t27-,29-/m1/s1. The lowest BCUT2D eigenvalue weighted by atomic mass is 10.1. The molecule has 0 aliphatic rings. The van der Waals surface area contributed by atoms with Gasteiger partial charge in [-0.25, -0.2) is 8.42 Å². The molecule has 0 aliphatic heterocycles. The number of amides is 1. The molecule has 0 heterocycles. The van der Waals surface area contributed by atoms with E-state index in [0.29, 0.717) is 12.0 Å². The third-order valence-corrected chi connectivity index (χ3v) is 7.53. The first kappa shape index (κ1) is 27.8. The number of carbonyl (C=O) groups is 2. The largest absolute Gasteiger partial charge is 0.462 e. The molecule has 2 N–H and O–H groups in total. The normalized spacial score (nSPS) is 12.7. The Bertz CT molecular complexity index is 1450. The van der Waals surface area contributed by atoms with Crippen LogP contribution in [0.4, 0.5) is 0 Å². The summed E-state index contributed by atoms with van der Waals surface area (Å²) in [6, 6.07) is 33.6. The molecule has 8 heteroatoms. The van der Waals surface area contributed by atoms with E-state index in [-0.39, 0.29) is 23.8 Å². The van der Waals surface area contributed by atoms with Gasteiger partial charge in [0.25, 0.3) is 5.91 Å². The number of hydrogen-bond donors (Lipinski definition) is 2. The molecule has 0 aromatic heterocycles. The van der Waals surface area contributed by atoms with Gasteiger partial charge in [-0.05, 0) is 48.2 Å². The van der Waals surface area contributed by atoms with Gasteiger partial charge in [0.05, 0.1) is 10.9 Å². The van der Waals surface area contributed by atoms with Crippen LogP contribution in [0.1, 0.15) is 21.5 Å². The lowest BCUT2D eigenvalue weighted by molar-refractivity contribution is -0.146. The Balaban J connectivity index is 1.51. The van der Waals surface area contributed by atoms with Gasteiger partial charge in [-0.1, -0.05) is 97.1 Å². The third kappa shape index (κ3) is 8.36. The number of esters is 1. The van der Waals surface area contributed by atoms with Gasteiger partial charge in [-0.3, -0.25) is 9.59 Å². The number of sulfonamides is 1. The van der Waals surface area contributed by atoms with Crippen LogP contribution in [0.5, 0.6) is 0 Å². The van der Waals surface area contributed by atoms with Crippen molar-refractivity contribution in [3.05, 3.63) is 138 Å². The summed E-state index contributed by atoms with van der Waals surface area (Å²) in [6.45, 7) is -0.134. The van der Waals surface area contributed by atoms with E-state index >= 15 is 0 Å². The van der Waals surface area contributed by atoms with Crippen molar-refractivity contribution in [3.8, 4) is 0 Å². The second-order valence-corrected chi connectivity index (χ2v) is 10.7. The number of nitrogens with one attached hydrogen (secondary N) is 2. The van der Waals surface area contributed by atoms with Gasteiger partial charge >= 0.3 is 5.97 Å². The van der Waals surface area contributed by atoms with Crippen LogP contribution in [0.25, 0.3) is 0 Å². The van der Waals surface area contributed by atoms with Crippen LogP contribution >= 0.6 is 0 Å². The van der Waals surface area contributed by atoms with Crippen LogP contribution in [0.2, 0.25) is 0 Å². The van der Waals surface area contributed by atoms with Gasteiger partial charge in [0.2, 0.25) is 10.0 Å². The van der Waals surface area contributed by atoms with Crippen LogP contribution in [0.3, 0.4) is 0 Å². The maximum atomic E-state index is 13.3.